The summed E-state index contributed by atoms with van der Waals surface area (Å²) in [6, 6.07) is 21.5. The van der Waals surface area contributed by atoms with Gasteiger partial charge in [-0.3, -0.25) is 0 Å². The Kier molecular flexibility index (Phi) is 4.34. The van der Waals surface area contributed by atoms with Gasteiger partial charge in [0.15, 0.2) is 0 Å². The van der Waals surface area contributed by atoms with Gasteiger partial charge in [-0.05, 0) is 49.0 Å². The van der Waals surface area contributed by atoms with Crippen LogP contribution in [0.5, 0.6) is 0 Å². The van der Waals surface area contributed by atoms with Crippen molar-refractivity contribution in [1.82, 2.24) is 0 Å². The van der Waals surface area contributed by atoms with Crippen molar-refractivity contribution in [3.05, 3.63) is 102 Å². The highest BCUT2D eigenvalue weighted by Gasteiger charge is 2.35. The van der Waals surface area contributed by atoms with E-state index in [0.717, 1.165) is 12.8 Å². The fraction of sp³-hybridized carbons (Fsp3) is 0.217. The van der Waals surface area contributed by atoms with E-state index < -0.39 is 0 Å². The summed E-state index contributed by atoms with van der Waals surface area (Å²) in [6.07, 6.45) is 6.68. The summed E-state index contributed by atoms with van der Waals surface area (Å²) in [7, 11) is 0. The molecule has 0 bridgehead atoms. The predicted molar refractivity (Wildman–Crippen MR) is 100 cm³/mol. The summed E-state index contributed by atoms with van der Waals surface area (Å²) in [5.41, 5.74) is 6.78. The lowest BCUT2D eigenvalue weighted by molar-refractivity contribution is 0.573. The standard InChI is InChI=1S/C23H24/c1-4-23(21-13-9-6-10-14-21)16-15-20(17-22(23)18(2)3)19-11-7-5-8-12-19/h4-14,17H,1,15-16H2,2-3H3. The monoisotopic (exact) mass is 300 g/mol. The van der Waals surface area contributed by atoms with Crippen LogP contribution in [0.3, 0.4) is 0 Å². The van der Waals surface area contributed by atoms with Gasteiger partial charge < -0.3 is 0 Å². The SMILES string of the molecule is C=CC1(c2ccccc2)CCC(c2ccccc2)=CC1=C(C)C. The molecule has 2 aromatic rings. The van der Waals surface area contributed by atoms with Crippen molar-refractivity contribution in [3.63, 3.8) is 0 Å². The molecular formula is C23H24. The Morgan fingerprint density at radius 3 is 2.13 bits per heavy atom. The van der Waals surface area contributed by atoms with Gasteiger partial charge in [0.05, 0.1) is 0 Å². The van der Waals surface area contributed by atoms with Crippen molar-refractivity contribution in [2.45, 2.75) is 32.1 Å². The van der Waals surface area contributed by atoms with E-state index in [1.807, 2.05) is 0 Å². The molecule has 116 valence electrons. The maximum atomic E-state index is 4.20. The zero-order valence-electron chi connectivity index (χ0n) is 14.0. The normalized spacial score (nSPS) is 20.8. The van der Waals surface area contributed by atoms with Crippen LogP contribution >= 0.6 is 0 Å². The first-order valence-electron chi connectivity index (χ1n) is 8.30. The molecule has 23 heavy (non-hydrogen) atoms. The van der Waals surface area contributed by atoms with Gasteiger partial charge >= 0.3 is 0 Å². The first-order valence-corrected chi connectivity index (χ1v) is 8.30. The van der Waals surface area contributed by atoms with Gasteiger partial charge in [0, 0.05) is 5.41 Å². The van der Waals surface area contributed by atoms with Crippen LogP contribution in [0, 0.1) is 0 Å². The van der Waals surface area contributed by atoms with E-state index >= 15 is 0 Å². The lowest BCUT2D eigenvalue weighted by Gasteiger charge is -2.38. The number of benzene rings is 2. The van der Waals surface area contributed by atoms with Gasteiger partial charge in [0.25, 0.3) is 0 Å². The fourth-order valence-electron chi connectivity index (χ4n) is 3.68. The third kappa shape index (κ3) is 2.82. The molecule has 1 aliphatic rings. The number of hydrogen-bond donors (Lipinski definition) is 0. The predicted octanol–water partition coefficient (Wildman–Crippen LogP) is 6.32. The molecule has 0 radical (unpaired) electrons. The summed E-state index contributed by atoms with van der Waals surface area (Å²) in [5.74, 6) is 0. The topological polar surface area (TPSA) is 0 Å². The maximum absolute atomic E-state index is 4.20. The lowest BCUT2D eigenvalue weighted by Crippen LogP contribution is -2.29. The molecule has 1 unspecified atom stereocenters. The van der Waals surface area contributed by atoms with Crippen LogP contribution in [0.2, 0.25) is 0 Å². The van der Waals surface area contributed by atoms with Crippen molar-refractivity contribution in [3.8, 4) is 0 Å². The Balaban J connectivity index is 2.14. The molecule has 0 N–H and O–H groups in total. The highest BCUT2D eigenvalue weighted by molar-refractivity contribution is 5.72. The van der Waals surface area contributed by atoms with Crippen LogP contribution in [0.15, 0.2) is 90.5 Å². The van der Waals surface area contributed by atoms with E-state index in [2.05, 4.69) is 93.2 Å². The molecule has 0 spiro atoms. The van der Waals surface area contributed by atoms with Crippen molar-refractivity contribution in [2.75, 3.05) is 0 Å². The van der Waals surface area contributed by atoms with Crippen LogP contribution in [0.25, 0.3) is 5.57 Å². The van der Waals surface area contributed by atoms with Crippen molar-refractivity contribution in [2.24, 2.45) is 0 Å². The van der Waals surface area contributed by atoms with Crippen molar-refractivity contribution < 1.29 is 0 Å². The minimum atomic E-state index is -0.0711. The number of allylic oxidation sites excluding steroid dienone is 5. The lowest BCUT2D eigenvalue weighted by atomic mass is 9.65. The van der Waals surface area contributed by atoms with E-state index in [1.54, 1.807) is 0 Å². The Morgan fingerprint density at radius 1 is 0.957 bits per heavy atom. The molecular weight excluding hydrogens is 276 g/mol. The second kappa shape index (κ2) is 6.42. The maximum Gasteiger partial charge on any atom is 0.0381 e. The van der Waals surface area contributed by atoms with Gasteiger partial charge in [-0.25, -0.2) is 0 Å². The molecule has 2 aromatic carbocycles. The molecule has 0 nitrogen and oxygen atoms in total. The Bertz CT molecular complexity index is 743. The fourth-order valence-corrected chi connectivity index (χ4v) is 3.68. The van der Waals surface area contributed by atoms with Crippen LogP contribution in [-0.4, -0.2) is 0 Å². The van der Waals surface area contributed by atoms with Crippen LogP contribution in [0.4, 0.5) is 0 Å². The highest BCUT2D eigenvalue weighted by Crippen LogP contribution is 2.46. The summed E-state index contributed by atoms with van der Waals surface area (Å²) < 4.78 is 0. The van der Waals surface area contributed by atoms with Crippen LogP contribution in [-0.2, 0) is 5.41 Å². The van der Waals surface area contributed by atoms with E-state index in [1.165, 1.54) is 27.8 Å². The van der Waals surface area contributed by atoms with Gasteiger partial charge in [-0.2, -0.15) is 0 Å². The van der Waals surface area contributed by atoms with E-state index in [9.17, 15) is 0 Å². The highest BCUT2D eigenvalue weighted by atomic mass is 14.4. The third-order valence-corrected chi connectivity index (χ3v) is 4.91. The summed E-state index contributed by atoms with van der Waals surface area (Å²) >= 11 is 0. The Labute approximate surface area is 139 Å². The number of hydrogen-bond acceptors (Lipinski definition) is 0. The summed E-state index contributed by atoms with van der Waals surface area (Å²) in [4.78, 5) is 0. The molecule has 0 heteroatoms. The Hall–Kier alpha value is -2.34. The van der Waals surface area contributed by atoms with Crippen LogP contribution in [0.1, 0.15) is 37.8 Å². The molecule has 1 aliphatic carbocycles. The number of rotatable bonds is 3. The van der Waals surface area contributed by atoms with E-state index in [-0.39, 0.29) is 5.41 Å². The Morgan fingerprint density at radius 2 is 1.57 bits per heavy atom. The largest absolute Gasteiger partial charge is 0.102 e. The smallest absolute Gasteiger partial charge is 0.0381 e. The first-order chi connectivity index (χ1) is 11.2. The quantitative estimate of drug-likeness (QED) is 0.581. The average molecular weight is 300 g/mol. The van der Waals surface area contributed by atoms with Crippen molar-refractivity contribution in [1.29, 1.82) is 0 Å². The van der Waals surface area contributed by atoms with Gasteiger partial charge in [-0.15, -0.1) is 6.58 Å². The molecule has 0 fully saturated rings. The first kappa shape index (κ1) is 15.6. The minimum Gasteiger partial charge on any atom is -0.102 e. The molecule has 0 amide bonds. The molecule has 1 atom stereocenters. The molecule has 0 heterocycles. The van der Waals surface area contributed by atoms with E-state index in [0.29, 0.717) is 0 Å². The minimum absolute atomic E-state index is 0.0711. The van der Waals surface area contributed by atoms with Crippen molar-refractivity contribution >= 4 is 5.57 Å². The van der Waals surface area contributed by atoms with Gasteiger partial charge in [0.1, 0.15) is 0 Å². The third-order valence-electron chi connectivity index (χ3n) is 4.91. The van der Waals surface area contributed by atoms with Crippen LogP contribution < -0.4 is 0 Å². The molecule has 0 aromatic heterocycles. The molecule has 3 rings (SSSR count). The summed E-state index contributed by atoms with van der Waals surface area (Å²) in [5, 5.41) is 0. The second-order valence-electron chi connectivity index (χ2n) is 6.49. The van der Waals surface area contributed by atoms with E-state index in [4.69, 9.17) is 0 Å². The molecule has 0 aliphatic heterocycles. The zero-order chi connectivity index (χ0) is 16.3. The van der Waals surface area contributed by atoms with Gasteiger partial charge in [-0.1, -0.05) is 78.4 Å². The average Bonchev–Trinajstić information content (AvgIpc) is 2.62. The molecule has 0 saturated carbocycles. The van der Waals surface area contributed by atoms with Gasteiger partial charge in [0.2, 0.25) is 0 Å². The zero-order valence-corrected chi connectivity index (χ0v) is 14.0. The second-order valence-corrected chi connectivity index (χ2v) is 6.49. The molecule has 0 saturated heterocycles. The summed E-state index contributed by atoms with van der Waals surface area (Å²) in [6.45, 7) is 8.62.